The summed E-state index contributed by atoms with van der Waals surface area (Å²) in [5.74, 6) is 0.726. The maximum Gasteiger partial charge on any atom is 0.411 e. The van der Waals surface area contributed by atoms with Gasteiger partial charge in [0, 0.05) is 6.61 Å². The van der Waals surface area contributed by atoms with Crippen molar-refractivity contribution in [3.05, 3.63) is 0 Å². The van der Waals surface area contributed by atoms with E-state index in [1.165, 1.54) is 6.42 Å². The van der Waals surface area contributed by atoms with Crippen molar-refractivity contribution in [2.45, 2.75) is 32.9 Å². The molecule has 0 radical (unpaired) electrons. The normalized spacial score (nSPS) is 23.4. The summed E-state index contributed by atoms with van der Waals surface area (Å²) in [6, 6.07) is 0. The zero-order valence-electron chi connectivity index (χ0n) is 9.86. The highest BCUT2D eigenvalue weighted by Gasteiger charge is 2.44. The first-order valence-corrected chi connectivity index (χ1v) is 5.66. The van der Waals surface area contributed by atoms with Gasteiger partial charge in [0.1, 0.15) is 6.61 Å². The Morgan fingerprint density at radius 1 is 1.38 bits per heavy atom. The first-order chi connectivity index (χ1) is 7.31. The van der Waals surface area contributed by atoms with E-state index in [0.717, 1.165) is 19.0 Å². The van der Waals surface area contributed by atoms with Crippen molar-refractivity contribution in [2.75, 3.05) is 26.3 Å². The van der Waals surface area contributed by atoms with Crippen molar-refractivity contribution >= 4 is 0 Å². The fraction of sp³-hybridized carbons (Fsp3) is 1.00. The van der Waals surface area contributed by atoms with Gasteiger partial charge in [-0.1, -0.05) is 13.8 Å². The highest BCUT2D eigenvalue weighted by atomic mass is 19.4. The van der Waals surface area contributed by atoms with Gasteiger partial charge < -0.3 is 10.1 Å². The highest BCUT2D eigenvalue weighted by molar-refractivity contribution is 4.95. The van der Waals surface area contributed by atoms with E-state index in [-0.39, 0.29) is 6.61 Å². The van der Waals surface area contributed by atoms with Crippen LogP contribution in [0.4, 0.5) is 13.2 Å². The molecular formula is C11H20F3NO. The van der Waals surface area contributed by atoms with Crippen molar-refractivity contribution in [1.82, 2.24) is 5.32 Å². The van der Waals surface area contributed by atoms with Crippen LogP contribution in [-0.4, -0.2) is 32.5 Å². The fourth-order valence-corrected chi connectivity index (χ4v) is 1.69. The third-order valence-electron chi connectivity index (χ3n) is 3.02. The molecule has 0 aromatic carbocycles. The van der Waals surface area contributed by atoms with Crippen LogP contribution >= 0.6 is 0 Å². The maximum absolute atomic E-state index is 11.7. The minimum Gasteiger partial charge on any atom is -0.372 e. The summed E-state index contributed by atoms with van der Waals surface area (Å²) in [6.45, 7) is 5.18. The Hall–Kier alpha value is -0.290. The lowest BCUT2D eigenvalue weighted by atomic mass is 10.1. The van der Waals surface area contributed by atoms with Crippen LogP contribution in [0, 0.1) is 11.3 Å². The number of hydrogen-bond acceptors (Lipinski definition) is 2. The molecule has 1 aliphatic carbocycles. The number of ether oxygens (including phenoxy) is 1. The number of hydrogen-bond donors (Lipinski definition) is 1. The van der Waals surface area contributed by atoms with Crippen LogP contribution in [0.25, 0.3) is 0 Å². The molecule has 0 saturated heterocycles. The van der Waals surface area contributed by atoms with Crippen LogP contribution in [0.15, 0.2) is 0 Å². The van der Waals surface area contributed by atoms with Crippen LogP contribution in [0.3, 0.4) is 0 Å². The quantitative estimate of drug-likeness (QED) is 0.689. The van der Waals surface area contributed by atoms with Crippen molar-refractivity contribution < 1.29 is 17.9 Å². The molecule has 0 bridgehead atoms. The van der Waals surface area contributed by atoms with Gasteiger partial charge in [0.25, 0.3) is 0 Å². The van der Waals surface area contributed by atoms with Gasteiger partial charge >= 0.3 is 6.18 Å². The lowest BCUT2D eigenvalue weighted by Gasteiger charge is -2.08. The van der Waals surface area contributed by atoms with Gasteiger partial charge in [-0.05, 0) is 37.3 Å². The van der Waals surface area contributed by atoms with Gasteiger partial charge in [-0.2, -0.15) is 13.2 Å². The summed E-state index contributed by atoms with van der Waals surface area (Å²) < 4.78 is 39.6. The average Bonchev–Trinajstić information content (AvgIpc) is 2.70. The second-order valence-electron chi connectivity index (χ2n) is 5.12. The molecule has 96 valence electrons. The SMILES string of the molecule is CC1(C)CC1CNCCCOCC(F)(F)F. The largest absolute Gasteiger partial charge is 0.411 e. The molecule has 5 heteroatoms. The molecule has 0 aromatic rings. The lowest BCUT2D eigenvalue weighted by Crippen LogP contribution is -2.22. The topological polar surface area (TPSA) is 21.3 Å². The van der Waals surface area contributed by atoms with E-state index in [0.29, 0.717) is 11.8 Å². The van der Waals surface area contributed by atoms with Gasteiger partial charge in [0.2, 0.25) is 0 Å². The van der Waals surface area contributed by atoms with E-state index >= 15 is 0 Å². The first-order valence-electron chi connectivity index (χ1n) is 5.66. The van der Waals surface area contributed by atoms with Gasteiger partial charge in [-0.25, -0.2) is 0 Å². The van der Waals surface area contributed by atoms with Crippen molar-refractivity contribution in [1.29, 1.82) is 0 Å². The summed E-state index contributed by atoms with van der Waals surface area (Å²) in [5, 5.41) is 3.24. The van der Waals surface area contributed by atoms with E-state index in [2.05, 4.69) is 23.9 Å². The molecule has 0 aliphatic heterocycles. The van der Waals surface area contributed by atoms with E-state index < -0.39 is 12.8 Å². The van der Waals surface area contributed by atoms with Crippen molar-refractivity contribution in [3.63, 3.8) is 0 Å². The second-order valence-corrected chi connectivity index (χ2v) is 5.12. The minimum absolute atomic E-state index is 0.167. The molecule has 1 fully saturated rings. The number of rotatable bonds is 7. The Balaban J connectivity index is 1.82. The minimum atomic E-state index is -4.20. The van der Waals surface area contributed by atoms with Crippen LogP contribution < -0.4 is 5.32 Å². The van der Waals surface area contributed by atoms with Crippen LogP contribution in [0.1, 0.15) is 26.7 Å². The lowest BCUT2D eigenvalue weighted by molar-refractivity contribution is -0.173. The van der Waals surface area contributed by atoms with E-state index in [9.17, 15) is 13.2 Å². The van der Waals surface area contributed by atoms with Gasteiger partial charge in [0.15, 0.2) is 0 Å². The van der Waals surface area contributed by atoms with Crippen molar-refractivity contribution in [3.8, 4) is 0 Å². The second kappa shape index (κ2) is 5.36. The molecule has 1 rings (SSSR count). The predicted octanol–water partition coefficient (Wildman–Crippen LogP) is 2.59. The molecular weight excluding hydrogens is 219 g/mol. The summed E-state index contributed by atoms with van der Waals surface area (Å²) in [7, 11) is 0. The standard InChI is InChI=1S/C11H20F3NO/c1-10(2)6-9(10)7-15-4-3-5-16-8-11(12,13)14/h9,15H,3-8H2,1-2H3. The van der Waals surface area contributed by atoms with Crippen LogP contribution in [0.5, 0.6) is 0 Å². The molecule has 0 heterocycles. The van der Waals surface area contributed by atoms with Crippen LogP contribution in [0.2, 0.25) is 0 Å². The molecule has 1 N–H and O–H groups in total. The van der Waals surface area contributed by atoms with E-state index in [1.54, 1.807) is 0 Å². The Morgan fingerprint density at radius 2 is 2.00 bits per heavy atom. The molecule has 1 aliphatic rings. The average molecular weight is 239 g/mol. The fourth-order valence-electron chi connectivity index (χ4n) is 1.69. The molecule has 0 spiro atoms. The molecule has 1 atom stereocenters. The number of nitrogens with one attached hydrogen (secondary N) is 1. The number of halogens is 3. The summed E-state index contributed by atoms with van der Waals surface area (Å²) in [5.41, 5.74) is 0.458. The Labute approximate surface area is 94.5 Å². The summed E-state index contributed by atoms with van der Waals surface area (Å²) in [4.78, 5) is 0. The van der Waals surface area contributed by atoms with Crippen LogP contribution in [-0.2, 0) is 4.74 Å². The molecule has 2 nitrogen and oxygen atoms in total. The van der Waals surface area contributed by atoms with Gasteiger partial charge in [0.05, 0.1) is 0 Å². The maximum atomic E-state index is 11.7. The summed E-state index contributed by atoms with van der Waals surface area (Å²) >= 11 is 0. The smallest absolute Gasteiger partial charge is 0.372 e. The Morgan fingerprint density at radius 3 is 2.50 bits per heavy atom. The first kappa shape index (κ1) is 13.8. The highest BCUT2D eigenvalue weighted by Crippen LogP contribution is 2.50. The van der Waals surface area contributed by atoms with Gasteiger partial charge in [-0.15, -0.1) is 0 Å². The molecule has 16 heavy (non-hydrogen) atoms. The van der Waals surface area contributed by atoms with E-state index in [1.807, 2.05) is 0 Å². The van der Waals surface area contributed by atoms with Crippen molar-refractivity contribution in [2.24, 2.45) is 11.3 Å². The molecule has 0 amide bonds. The molecule has 1 saturated carbocycles. The monoisotopic (exact) mass is 239 g/mol. The summed E-state index contributed by atoms with van der Waals surface area (Å²) in [6.07, 6.45) is -2.33. The zero-order chi connectivity index (χ0) is 12.2. The molecule has 1 unspecified atom stereocenters. The van der Waals surface area contributed by atoms with E-state index in [4.69, 9.17) is 0 Å². The zero-order valence-corrected chi connectivity index (χ0v) is 9.86. The Kier molecular flexibility index (Phi) is 4.62. The number of alkyl halides is 3. The molecule has 0 aromatic heterocycles. The Bertz CT molecular complexity index is 216. The predicted molar refractivity (Wildman–Crippen MR) is 56.2 cm³/mol. The third-order valence-corrected chi connectivity index (χ3v) is 3.02. The third kappa shape index (κ3) is 5.70. The van der Waals surface area contributed by atoms with Gasteiger partial charge in [-0.3, -0.25) is 0 Å².